The summed E-state index contributed by atoms with van der Waals surface area (Å²) in [6, 6.07) is 19.1. The quantitative estimate of drug-likeness (QED) is 0.677. The molecular weight excluding hydrogens is 376 g/mol. The van der Waals surface area contributed by atoms with Crippen molar-refractivity contribution in [3.05, 3.63) is 71.8 Å². The summed E-state index contributed by atoms with van der Waals surface area (Å²) in [5.41, 5.74) is 1.88. The van der Waals surface area contributed by atoms with Crippen LogP contribution in [0.1, 0.15) is 11.1 Å². The molecule has 7 nitrogen and oxygen atoms in total. The van der Waals surface area contributed by atoms with E-state index in [0.29, 0.717) is 0 Å². The van der Waals surface area contributed by atoms with Crippen LogP contribution in [0.25, 0.3) is 0 Å². The van der Waals surface area contributed by atoms with E-state index >= 15 is 0 Å². The van der Waals surface area contributed by atoms with Crippen LogP contribution >= 0.6 is 0 Å². The normalized spacial score (nSPS) is 26.8. The van der Waals surface area contributed by atoms with Crippen molar-refractivity contribution in [3.8, 4) is 0 Å². The van der Waals surface area contributed by atoms with Gasteiger partial charge in [-0.2, -0.15) is 0 Å². The summed E-state index contributed by atoms with van der Waals surface area (Å²) in [7, 11) is 2.68. The molecule has 29 heavy (non-hydrogen) atoms. The molecule has 1 fully saturated rings. The van der Waals surface area contributed by atoms with Gasteiger partial charge < -0.3 is 28.8 Å². The maximum absolute atomic E-state index is 12.1. The number of carbonyl (C=O) groups excluding carboxylic acids is 1. The molecule has 0 aliphatic carbocycles. The van der Waals surface area contributed by atoms with Crippen molar-refractivity contribution in [2.45, 2.75) is 43.9 Å². The molecule has 1 aliphatic heterocycles. The molecular formula is C22H26O7. The highest BCUT2D eigenvalue weighted by Gasteiger charge is 2.50. The fraction of sp³-hybridized carbons (Fsp3) is 0.409. The Morgan fingerprint density at radius 2 is 1.41 bits per heavy atom. The Morgan fingerprint density at radius 1 is 0.897 bits per heavy atom. The molecule has 0 bridgehead atoms. The Hall–Kier alpha value is -2.29. The predicted molar refractivity (Wildman–Crippen MR) is 104 cm³/mol. The summed E-state index contributed by atoms with van der Waals surface area (Å²) in [6.07, 6.45) is -5.03. The molecule has 1 aliphatic rings. The molecule has 0 unspecified atom stereocenters. The Bertz CT molecular complexity index is 752. The lowest BCUT2D eigenvalue weighted by Crippen LogP contribution is -2.61. The highest BCUT2D eigenvalue weighted by molar-refractivity contribution is 5.75. The molecule has 0 aromatic heterocycles. The molecule has 1 N–H and O–H groups in total. The summed E-state index contributed by atoms with van der Waals surface area (Å²) in [5, 5.41) is 10.8. The maximum atomic E-state index is 12.1. The van der Waals surface area contributed by atoms with Gasteiger partial charge in [0.05, 0.1) is 20.3 Å². The molecule has 0 amide bonds. The molecule has 2 aromatic carbocycles. The molecule has 0 spiro atoms. The minimum absolute atomic E-state index is 0.234. The Labute approximate surface area is 170 Å². The first-order chi connectivity index (χ1) is 14.1. The first-order valence-electron chi connectivity index (χ1n) is 9.39. The minimum Gasteiger partial charge on any atom is -0.467 e. The van der Waals surface area contributed by atoms with E-state index in [1.165, 1.54) is 14.2 Å². The van der Waals surface area contributed by atoms with Crippen molar-refractivity contribution >= 4 is 5.97 Å². The van der Waals surface area contributed by atoms with Crippen molar-refractivity contribution in [2.75, 3.05) is 14.2 Å². The van der Waals surface area contributed by atoms with Gasteiger partial charge in [-0.05, 0) is 11.1 Å². The largest absolute Gasteiger partial charge is 0.467 e. The van der Waals surface area contributed by atoms with E-state index in [1.54, 1.807) is 0 Å². The second kappa shape index (κ2) is 10.5. The van der Waals surface area contributed by atoms with E-state index in [9.17, 15) is 9.90 Å². The van der Waals surface area contributed by atoms with Gasteiger partial charge in [0.1, 0.15) is 18.3 Å². The van der Waals surface area contributed by atoms with Crippen LogP contribution in [0.2, 0.25) is 0 Å². The Balaban J connectivity index is 1.78. The van der Waals surface area contributed by atoms with Crippen LogP contribution in [0.15, 0.2) is 60.7 Å². The van der Waals surface area contributed by atoms with Gasteiger partial charge in [-0.3, -0.25) is 0 Å². The summed E-state index contributed by atoms with van der Waals surface area (Å²) < 4.78 is 27.8. The fourth-order valence-electron chi connectivity index (χ4n) is 3.22. The minimum atomic E-state index is -1.28. The second-order valence-electron chi connectivity index (χ2n) is 6.70. The Kier molecular flexibility index (Phi) is 7.74. The number of benzene rings is 2. The lowest BCUT2D eigenvalue weighted by atomic mass is 9.98. The SMILES string of the molecule is COC(=O)[C@H]1O[C@H](OC)[C@H](OCc2ccccc2)[C@@H](OCc2ccccc2)[C@@H]1O. The van der Waals surface area contributed by atoms with Gasteiger partial charge in [0, 0.05) is 7.11 Å². The number of aliphatic hydroxyl groups excluding tert-OH is 1. The third kappa shape index (κ3) is 5.41. The molecule has 156 valence electrons. The van der Waals surface area contributed by atoms with Crippen LogP contribution in [0.3, 0.4) is 0 Å². The van der Waals surface area contributed by atoms with Gasteiger partial charge >= 0.3 is 5.97 Å². The van der Waals surface area contributed by atoms with Crippen molar-refractivity contribution in [3.63, 3.8) is 0 Å². The van der Waals surface area contributed by atoms with Gasteiger partial charge in [0.25, 0.3) is 0 Å². The summed E-state index contributed by atoms with van der Waals surface area (Å²) in [6.45, 7) is 0.508. The zero-order chi connectivity index (χ0) is 20.6. The predicted octanol–water partition coefficient (Wildman–Crippen LogP) is 2.06. The number of rotatable bonds is 8. The molecule has 0 saturated carbocycles. The molecule has 1 heterocycles. The lowest BCUT2D eigenvalue weighted by molar-refractivity contribution is -0.307. The molecule has 5 atom stereocenters. The molecule has 2 aromatic rings. The van der Waals surface area contributed by atoms with E-state index in [0.717, 1.165) is 11.1 Å². The lowest BCUT2D eigenvalue weighted by Gasteiger charge is -2.42. The van der Waals surface area contributed by atoms with Crippen molar-refractivity contribution < 1.29 is 33.6 Å². The zero-order valence-corrected chi connectivity index (χ0v) is 16.5. The molecule has 3 rings (SSSR count). The van der Waals surface area contributed by atoms with Crippen LogP contribution < -0.4 is 0 Å². The van der Waals surface area contributed by atoms with Crippen LogP contribution in [-0.2, 0) is 41.7 Å². The third-order valence-electron chi connectivity index (χ3n) is 4.76. The summed E-state index contributed by atoms with van der Waals surface area (Å²) >= 11 is 0. The third-order valence-corrected chi connectivity index (χ3v) is 4.76. The van der Waals surface area contributed by atoms with Gasteiger partial charge in [-0.15, -0.1) is 0 Å². The van der Waals surface area contributed by atoms with Crippen molar-refractivity contribution in [2.24, 2.45) is 0 Å². The van der Waals surface area contributed by atoms with Gasteiger partial charge in [-0.1, -0.05) is 60.7 Å². The second-order valence-corrected chi connectivity index (χ2v) is 6.70. The maximum Gasteiger partial charge on any atom is 0.337 e. The van der Waals surface area contributed by atoms with E-state index in [1.807, 2.05) is 60.7 Å². The highest BCUT2D eigenvalue weighted by atomic mass is 16.7. The Morgan fingerprint density at radius 3 is 1.90 bits per heavy atom. The molecule has 0 radical (unpaired) electrons. The highest BCUT2D eigenvalue weighted by Crippen LogP contribution is 2.28. The molecule has 7 heteroatoms. The van der Waals surface area contributed by atoms with E-state index < -0.39 is 36.7 Å². The standard InChI is InChI=1S/C22H26O7/c1-25-21(24)19-17(23)18(27-13-15-9-5-3-6-10-15)20(22(26-2)29-19)28-14-16-11-7-4-8-12-16/h3-12,17-20,22-23H,13-14H2,1-2H3/t17-,18-,19-,20+,22-/m0/s1. The number of carbonyl (C=O) groups is 1. The number of hydrogen-bond acceptors (Lipinski definition) is 7. The van der Waals surface area contributed by atoms with Gasteiger partial charge in [-0.25, -0.2) is 4.79 Å². The monoisotopic (exact) mass is 402 g/mol. The molecule has 1 saturated heterocycles. The summed E-state index contributed by atoms with van der Waals surface area (Å²) in [4.78, 5) is 12.1. The average Bonchev–Trinajstić information content (AvgIpc) is 2.77. The first kappa shape index (κ1) is 21.4. The number of aliphatic hydroxyl groups is 1. The number of ether oxygens (including phenoxy) is 5. The number of hydrogen-bond donors (Lipinski definition) is 1. The average molecular weight is 402 g/mol. The van der Waals surface area contributed by atoms with Crippen LogP contribution in [-0.4, -0.2) is 56.0 Å². The first-order valence-corrected chi connectivity index (χ1v) is 9.39. The van der Waals surface area contributed by atoms with Crippen LogP contribution in [0, 0.1) is 0 Å². The van der Waals surface area contributed by atoms with Crippen molar-refractivity contribution in [1.82, 2.24) is 0 Å². The fourth-order valence-corrected chi connectivity index (χ4v) is 3.22. The van der Waals surface area contributed by atoms with E-state index in [2.05, 4.69) is 0 Å². The number of methoxy groups -OCH3 is 2. The van der Waals surface area contributed by atoms with E-state index in [-0.39, 0.29) is 13.2 Å². The topological polar surface area (TPSA) is 83.5 Å². The number of esters is 1. The van der Waals surface area contributed by atoms with Gasteiger partial charge in [0.2, 0.25) is 0 Å². The van der Waals surface area contributed by atoms with E-state index in [4.69, 9.17) is 23.7 Å². The van der Waals surface area contributed by atoms with Crippen LogP contribution in [0.4, 0.5) is 0 Å². The van der Waals surface area contributed by atoms with Crippen molar-refractivity contribution in [1.29, 1.82) is 0 Å². The van der Waals surface area contributed by atoms with Gasteiger partial charge in [0.15, 0.2) is 12.4 Å². The smallest absolute Gasteiger partial charge is 0.337 e. The zero-order valence-electron chi connectivity index (χ0n) is 16.5. The van der Waals surface area contributed by atoms with Crippen LogP contribution in [0.5, 0.6) is 0 Å². The summed E-state index contributed by atoms with van der Waals surface area (Å²) in [5.74, 6) is -0.700.